The van der Waals surface area contributed by atoms with Crippen molar-refractivity contribution in [3.05, 3.63) is 0 Å². The Labute approximate surface area is 66.0 Å². The molecular weight excluding hydrogens is 140 g/mol. The van der Waals surface area contributed by atoms with Gasteiger partial charge >= 0.3 is 0 Å². The van der Waals surface area contributed by atoms with E-state index >= 15 is 0 Å². The third-order valence-corrected chi connectivity index (χ3v) is 3.19. The maximum absolute atomic E-state index is 11.5. The van der Waals surface area contributed by atoms with Crippen LogP contribution in [0.25, 0.3) is 0 Å². The Bertz CT molecular complexity index is 232. The molecule has 0 radical (unpaired) electrons. The number of carbonyl (C=O) groups is 2. The lowest BCUT2D eigenvalue weighted by atomic mass is 9.76. The highest BCUT2D eigenvalue weighted by molar-refractivity contribution is 6.14. The Morgan fingerprint density at radius 3 is 2.73 bits per heavy atom. The zero-order chi connectivity index (χ0) is 8.06. The molecule has 0 aromatic heterocycles. The minimum atomic E-state index is -0.567. The first-order valence-electron chi connectivity index (χ1n) is 4.22. The van der Waals surface area contributed by atoms with Gasteiger partial charge in [-0.3, -0.25) is 9.59 Å². The molecule has 2 bridgehead atoms. The Hall–Kier alpha value is -0.660. The van der Waals surface area contributed by atoms with Crippen molar-refractivity contribution in [2.45, 2.75) is 32.6 Å². The van der Waals surface area contributed by atoms with Crippen molar-refractivity contribution in [2.24, 2.45) is 11.3 Å². The second-order valence-electron chi connectivity index (χ2n) is 3.91. The summed E-state index contributed by atoms with van der Waals surface area (Å²) >= 11 is 0. The maximum atomic E-state index is 11.5. The van der Waals surface area contributed by atoms with Crippen LogP contribution >= 0.6 is 0 Å². The Morgan fingerprint density at radius 1 is 1.45 bits per heavy atom. The van der Waals surface area contributed by atoms with Gasteiger partial charge in [-0.2, -0.15) is 0 Å². The van der Waals surface area contributed by atoms with E-state index in [1.165, 1.54) is 0 Å². The summed E-state index contributed by atoms with van der Waals surface area (Å²) in [5.74, 6) is 0.486. The van der Waals surface area contributed by atoms with Crippen LogP contribution in [0.15, 0.2) is 0 Å². The zero-order valence-corrected chi connectivity index (χ0v) is 6.72. The van der Waals surface area contributed by atoms with Crippen molar-refractivity contribution in [1.29, 1.82) is 0 Å². The van der Waals surface area contributed by atoms with Crippen LogP contribution in [-0.4, -0.2) is 11.6 Å². The summed E-state index contributed by atoms with van der Waals surface area (Å²) in [5.41, 5.74) is -0.567. The monoisotopic (exact) mass is 152 g/mol. The van der Waals surface area contributed by atoms with Crippen LogP contribution in [0.4, 0.5) is 0 Å². The van der Waals surface area contributed by atoms with Crippen LogP contribution in [-0.2, 0) is 9.59 Å². The first-order chi connectivity index (χ1) is 5.14. The largest absolute Gasteiger partial charge is 0.299 e. The fourth-order valence-corrected chi connectivity index (χ4v) is 2.33. The summed E-state index contributed by atoms with van der Waals surface area (Å²) in [4.78, 5) is 22.9. The van der Waals surface area contributed by atoms with Crippen LogP contribution in [0.5, 0.6) is 0 Å². The van der Waals surface area contributed by atoms with Crippen LogP contribution in [0.1, 0.15) is 32.6 Å². The van der Waals surface area contributed by atoms with Gasteiger partial charge in [0.05, 0.1) is 5.41 Å². The van der Waals surface area contributed by atoms with E-state index in [1.807, 2.05) is 6.92 Å². The Morgan fingerprint density at radius 2 is 2.18 bits per heavy atom. The van der Waals surface area contributed by atoms with E-state index in [-0.39, 0.29) is 17.5 Å². The fourth-order valence-electron chi connectivity index (χ4n) is 2.33. The average Bonchev–Trinajstić information content (AvgIpc) is 2.16. The zero-order valence-electron chi connectivity index (χ0n) is 6.72. The highest BCUT2D eigenvalue weighted by Crippen LogP contribution is 2.45. The van der Waals surface area contributed by atoms with E-state index in [0.29, 0.717) is 6.42 Å². The molecule has 2 aliphatic carbocycles. The fraction of sp³-hybridized carbons (Fsp3) is 0.778. The first kappa shape index (κ1) is 7.01. The SMILES string of the molecule is CC12CCCC(CC1=O)C2=O. The molecule has 2 atom stereocenters. The molecule has 2 unspecified atom stereocenters. The molecule has 0 aliphatic heterocycles. The molecule has 0 spiro atoms. The van der Waals surface area contributed by atoms with Gasteiger partial charge in [-0.05, 0) is 19.8 Å². The lowest BCUT2D eigenvalue weighted by Crippen LogP contribution is -2.33. The third kappa shape index (κ3) is 0.725. The standard InChI is InChI=1S/C9H12O2/c1-9-4-2-3-6(8(9)11)5-7(9)10/h6H,2-5H2,1H3. The number of hydrogen-bond donors (Lipinski definition) is 0. The van der Waals surface area contributed by atoms with Gasteiger partial charge in [-0.15, -0.1) is 0 Å². The Kier molecular flexibility index (Phi) is 1.23. The second-order valence-corrected chi connectivity index (χ2v) is 3.91. The smallest absolute Gasteiger partial charge is 0.149 e. The number of fused-ring (bicyclic) bond motifs is 2. The summed E-state index contributed by atoms with van der Waals surface area (Å²) in [6.07, 6.45) is 3.31. The van der Waals surface area contributed by atoms with E-state index in [1.54, 1.807) is 0 Å². The Balaban J connectivity index is 2.41. The number of Topliss-reactive ketones (excluding diaryl/α,β-unsaturated/α-hetero) is 2. The number of carbonyl (C=O) groups excluding carboxylic acids is 2. The summed E-state index contributed by atoms with van der Waals surface area (Å²) in [6.45, 7) is 1.82. The van der Waals surface area contributed by atoms with Crippen LogP contribution in [0.2, 0.25) is 0 Å². The molecule has 0 aromatic carbocycles. The molecule has 2 fully saturated rings. The summed E-state index contributed by atoms with van der Waals surface area (Å²) in [5, 5.41) is 0. The number of rotatable bonds is 0. The quantitative estimate of drug-likeness (QED) is 0.491. The second kappa shape index (κ2) is 1.93. The highest BCUT2D eigenvalue weighted by atomic mass is 16.2. The van der Waals surface area contributed by atoms with E-state index in [4.69, 9.17) is 0 Å². The van der Waals surface area contributed by atoms with E-state index in [9.17, 15) is 9.59 Å². The van der Waals surface area contributed by atoms with Crippen molar-refractivity contribution >= 4 is 11.6 Å². The van der Waals surface area contributed by atoms with Crippen molar-refractivity contribution in [1.82, 2.24) is 0 Å². The van der Waals surface area contributed by atoms with Gasteiger partial charge in [0.15, 0.2) is 0 Å². The third-order valence-electron chi connectivity index (χ3n) is 3.19. The molecule has 0 aromatic rings. The van der Waals surface area contributed by atoms with Gasteiger partial charge in [0, 0.05) is 12.3 Å². The summed E-state index contributed by atoms with van der Waals surface area (Å²) in [6, 6.07) is 0. The van der Waals surface area contributed by atoms with E-state index < -0.39 is 5.41 Å². The van der Waals surface area contributed by atoms with E-state index in [2.05, 4.69) is 0 Å². The normalized spacial score (nSPS) is 43.2. The number of hydrogen-bond acceptors (Lipinski definition) is 2. The first-order valence-corrected chi connectivity index (χ1v) is 4.22. The molecule has 0 heterocycles. The van der Waals surface area contributed by atoms with Gasteiger partial charge < -0.3 is 0 Å². The van der Waals surface area contributed by atoms with Crippen LogP contribution in [0.3, 0.4) is 0 Å². The molecule has 2 saturated carbocycles. The van der Waals surface area contributed by atoms with Gasteiger partial charge in [0.1, 0.15) is 11.6 Å². The van der Waals surface area contributed by atoms with Crippen LogP contribution < -0.4 is 0 Å². The predicted octanol–water partition coefficient (Wildman–Crippen LogP) is 1.33. The van der Waals surface area contributed by atoms with Gasteiger partial charge in [0.25, 0.3) is 0 Å². The lowest BCUT2D eigenvalue weighted by molar-refractivity contribution is -0.136. The summed E-state index contributed by atoms with van der Waals surface area (Å²) in [7, 11) is 0. The van der Waals surface area contributed by atoms with Crippen molar-refractivity contribution in [3.63, 3.8) is 0 Å². The molecule has 2 rings (SSSR count). The molecule has 11 heavy (non-hydrogen) atoms. The average molecular weight is 152 g/mol. The lowest BCUT2D eigenvalue weighted by Gasteiger charge is -2.25. The van der Waals surface area contributed by atoms with Crippen LogP contribution in [0, 0.1) is 11.3 Å². The van der Waals surface area contributed by atoms with Gasteiger partial charge in [-0.1, -0.05) is 6.42 Å². The van der Waals surface area contributed by atoms with Gasteiger partial charge in [0.2, 0.25) is 0 Å². The molecule has 0 saturated heterocycles. The predicted molar refractivity (Wildman–Crippen MR) is 40.1 cm³/mol. The molecular formula is C9H12O2. The minimum absolute atomic E-state index is 0.0845. The molecule has 0 N–H and O–H groups in total. The van der Waals surface area contributed by atoms with Crippen molar-refractivity contribution < 1.29 is 9.59 Å². The number of ketones is 2. The highest BCUT2D eigenvalue weighted by Gasteiger charge is 2.52. The van der Waals surface area contributed by atoms with E-state index in [0.717, 1.165) is 19.3 Å². The maximum Gasteiger partial charge on any atom is 0.149 e. The molecule has 2 heteroatoms. The molecule has 60 valence electrons. The van der Waals surface area contributed by atoms with Crippen molar-refractivity contribution in [2.75, 3.05) is 0 Å². The van der Waals surface area contributed by atoms with Crippen molar-refractivity contribution in [3.8, 4) is 0 Å². The topological polar surface area (TPSA) is 34.1 Å². The molecule has 2 aliphatic rings. The summed E-state index contributed by atoms with van der Waals surface area (Å²) < 4.78 is 0. The minimum Gasteiger partial charge on any atom is -0.299 e. The molecule has 0 amide bonds. The molecule has 2 nitrogen and oxygen atoms in total. The van der Waals surface area contributed by atoms with Gasteiger partial charge in [-0.25, -0.2) is 0 Å².